The molecule has 2 aromatic rings. The molecule has 9 heteroatoms. The van der Waals surface area contributed by atoms with E-state index in [4.69, 9.17) is 0 Å². The van der Waals surface area contributed by atoms with Gasteiger partial charge in [0.15, 0.2) is 0 Å². The first-order valence-electron chi connectivity index (χ1n) is 10.1. The third-order valence-corrected chi connectivity index (χ3v) is 6.38. The Morgan fingerprint density at radius 2 is 1.78 bits per heavy atom. The number of amides is 3. The summed E-state index contributed by atoms with van der Waals surface area (Å²) in [6.45, 7) is 1.83. The smallest absolute Gasteiger partial charge is 0.272 e. The summed E-state index contributed by atoms with van der Waals surface area (Å²) in [6.07, 6.45) is 2.83. The first-order valence-corrected chi connectivity index (χ1v) is 10.9. The molecule has 1 heterocycles. The number of imide groups is 1. The van der Waals surface area contributed by atoms with E-state index in [1.807, 2.05) is 13.0 Å². The van der Waals surface area contributed by atoms with Crippen molar-refractivity contribution in [3.05, 3.63) is 85.9 Å². The number of nitro benzene ring substituents is 1. The standard InChI is InChI=1S/C23H20BrN3O5/c1-14-6-11-17-19(12-14)23(30)26(22(17)29)25(13-15-7-9-16(24)10-8-15)21(28)18-4-2-3-5-20(18)27(31)32/h2-10,17,19H,11-13H2,1H3/t17-,19+/m0/s1. The molecule has 8 nitrogen and oxygen atoms in total. The lowest BCUT2D eigenvalue weighted by molar-refractivity contribution is -0.385. The highest BCUT2D eigenvalue weighted by atomic mass is 79.9. The van der Waals surface area contributed by atoms with Gasteiger partial charge in [0.2, 0.25) is 0 Å². The molecule has 164 valence electrons. The molecule has 4 rings (SSSR count). The van der Waals surface area contributed by atoms with Crippen LogP contribution in [0.1, 0.15) is 35.7 Å². The van der Waals surface area contributed by atoms with Crippen molar-refractivity contribution < 1.29 is 19.3 Å². The molecule has 2 aliphatic rings. The predicted molar refractivity (Wildman–Crippen MR) is 119 cm³/mol. The van der Waals surface area contributed by atoms with Crippen LogP contribution in [0.25, 0.3) is 0 Å². The van der Waals surface area contributed by atoms with Gasteiger partial charge in [0, 0.05) is 10.5 Å². The van der Waals surface area contributed by atoms with Crippen LogP contribution in [0, 0.1) is 22.0 Å². The Labute approximate surface area is 192 Å². The number of allylic oxidation sites excluding steroid dienone is 2. The molecule has 0 spiro atoms. The van der Waals surface area contributed by atoms with E-state index in [0.717, 1.165) is 20.1 Å². The van der Waals surface area contributed by atoms with E-state index in [0.29, 0.717) is 18.4 Å². The van der Waals surface area contributed by atoms with Gasteiger partial charge in [-0.1, -0.05) is 51.8 Å². The summed E-state index contributed by atoms with van der Waals surface area (Å²) < 4.78 is 0.832. The van der Waals surface area contributed by atoms with Crippen molar-refractivity contribution in [2.24, 2.45) is 11.8 Å². The summed E-state index contributed by atoms with van der Waals surface area (Å²) >= 11 is 3.36. The Morgan fingerprint density at radius 3 is 2.47 bits per heavy atom. The maximum atomic E-state index is 13.5. The minimum atomic E-state index is -0.773. The van der Waals surface area contributed by atoms with E-state index in [1.54, 1.807) is 24.3 Å². The largest absolute Gasteiger partial charge is 0.282 e. The molecular formula is C23H20BrN3O5. The highest BCUT2D eigenvalue weighted by Gasteiger charge is 2.51. The second kappa shape index (κ2) is 8.66. The molecule has 1 fully saturated rings. The van der Waals surface area contributed by atoms with Crippen LogP contribution in [-0.4, -0.2) is 32.7 Å². The Bertz CT molecular complexity index is 1140. The van der Waals surface area contributed by atoms with E-state index in [9.17, 15) is 24.5 Å². The summed E-state index contributed by atoms with van der Waals surface area (Å²) in [5, 5.41) is 13.5. The van der Waals surface area contributed by atoms with Crippen molar-refractivity contribution in [2.75, 3.05) is 0 Å². The minimum Gasteiger partial charge on any atom is -0.272 e. The molecule has 2 aromatic carbocycles. The molecule has 1 aliphatic carbocycles. The highest BCUT2D eigenvalue weighted by molar-refractivity contribution is 9.10. The summed E-state index contributed by atoms with van der Waals surface area (Å²) in [6, 6.07) is 12.6. The maximum Gasteiger partial charge on any atom is 0.282 e. The summed E-state index contributed by atoms with van der Waals surface area (Å²) in [5.74, 6) is -2.73. The van der Waals surface area contributed by atoms with E-state index in [2.05, 4.69) is 15.9 Å². The number of benzene rings is 2. The number of hydrogen-bond acceptors (Lipinski definition) is 5. The van der Waals surface area contributed by atoms with E-state index in [1.165, 1.54) is 24.3 Å². The summed E-state index contributed by atoms with van der Waals surface area (Å²) in [4.78, 5) is 50.9. The molecule has 1 saturated heterocycles. The third kappa shape index (κ3) is 3.95. The van der Waals surface area contributed by atoms with Crippen molar-refractivity contribution in [2.45, 2.75) is 26.3 Å². The van der Waals surface area contributed by atoms with Crippen LogP contribution >= 0.6 is 15.9 Å². The summed E-state index contributed by atoms with van der Waals surface area (Å²) in [7, 11) is 0. The van der Waals surface area contributed by atoms with Gasteiger partial charge in [-0.25, -0.2) is 5.01 Å². The quantitative estimate of drug-likeness (QED) is 0.266. The van der Waals surface area contributed by atoms with Crippen LogP contribution in [0.4, 0.5) is 5.69 Å². The zero-order valence-electron chi connectivity index (χ0n) is 17.2. The van der Waals surface area contributed by atoms with E-state index in [-0.39, 0.29) is 17.8 Å². The van der Waals surface area contributed by atoms with Crippen LogP contribution in [0.2, 0.25) is 0 Å². The molecule has 32 heavy (non-hydrogen) atoms. The zero-order chi connectivity index (χ0) is 23.0. The molecule has 2 atom stereocenters. The predicted octanol–water partition coefficient (Wildman–Crippen LogP) is 4.26. The van der Waals surface area contributed by atoms with Crippen LogP contribution < -0.4 is 0 Å². The average Bonchev–Trinajstić information content (AvgIpc) is 3.02. The molecule has 0 saturated carbocycles. The van der Waals surface area contributed by atoms with E-state index < -0.39 is 34.5 Å². The first-order chi connectivity index (χ1) is 15.3. The second-order valence-electron chi connectivity index (χ2n) is 7.96. The van der Waals surface area contributed by atoms with Gasteiger partial charge in [-0.3, -0.25) is 24.5 Å². The fourth-order valence-electron chi connectivity index (χ4n) is 4.21. The van der Waals surface area contributed by atoms with Gasteiger partial charge in [0.25, 0.3) is 23.4 Å². The molecular weight excluding hydrogens is 478 g/mol. The van der Waals surface area contributed by atoms with Gasteiger partial charge < -0.3 is 0 Å². The van der Waals surface area contributed by atoms with Crippen molar-refractivity contribution in [3.8, 4) is 0 Å². The van der Waals surface area contributed by atoms with E-state index >= 15 is 0 Å². The van der Waals surface area contributed by atoms with Crippen molar-refractivity contribution in [3.63, 3.8) is 0 Å². The number of rotatable bonds is 5. The lowest BCUT2D eigenvalue weighted by Gasteiger charge is -2.30. The van der Waals surface area contributed by atoms with Crippen molar-refractivity contribution >= 4 is 39.3 Å². The number of nitrogens with zero attached hydrogens (tertiary/aromatic N) is 3. The van der Waals surface area contributed by atoms with Crippen molar-refractivity contribution in [1.29, 1.82) is 0 Å². The number of nitro groups is 1. The fourth-order valence-corrected chi connectivity index (χ4v) is 4.47. The van der Waals surface area contributed by atoms with Gasteiger partial charge in [0.1, 0.15) is 5.56 Å². The fraction of sp³-hybridized carbons (Fsp3) is 0.261. The number of hydrogen-bond donors (Lipinski definition) is 0. The molecule has 0 N–H and O–H groups in total. The number of halogens is 1. The number of carbonyl (C=O) groups is 3. The Balaban J connectivity index is 1.76. The molecule has 0 unspecified atom stereocenters. The number of para-hydroxylation sites is 1. The first kappa shape index (κ1) is 21.9. The van der Waals surface area contributed by atoms with Gasteiger partial charge in [0.05, 0.1) is 23.3 Å². The average molecular weight is 498 g/mol. The minimum absolute atomic E-state index is 0.0819. The van der Waals surface area contributed by atoms with Crippen molar-refractivity contribution in [1.82, 2.24) is 10.0 Å². The van der Waals surface area contributed by atoms with Crippen LogP contribution in [0.5, 0.6) is 0 Å². The number of fused-ring (bicyclic) bond motifs is 1. The molecule has 3 amide bonds. The summed E-state index contributed by atoms with van der Waals surface area (Å²) in [5.41, 5.74) is 1.13. The van der Waals surface area contributed by atoms with Crippen LogP contribution in [0.3, 0.4) is 0 Å². The third-order valence-electron chi connectivity index (χ3n) is 5.85. The Kier molecular flexibility index (Phi) is 5.92. The van der Waals surface area contributed by atoms with Crippen LogP contribution in [-0.2, 0) is 16.1 Å². The lowest BCUT2D eigenvalue weighted by Crippen LogP contribution is -2.50. The highest BCUT2D eigenvalue weighted by Crippen LogP contribution is 2.39. The lowest BCUT2D eigenvalue weighted by atomic mass is 9.82. The number of carbonyl (C=O) groups excluding carboxylic acids is 3. The van der Waals surface area contributed by atoms with Crippen LogP contribution in [0.15, 0.2) is 64.7 Å². The zero-order valence-corrected chi connectivity index (χ0v) is 18.8. The van der Waals surface area contributed by atoms with Gasteiger partial charge in [-0.05, 0) is 43.5 Å². The molecule has 0 aromatic heterocycles. The molecule has 1 aliphatic heterocycles. The molecule has 0 bridgehead atoms. The monoisotopic (exact) mass is 497 g/mol. The van der Waals surface area contributed by atoms with Gasteiger partial charge in [-0.2, -0.15) is 5.01 Å². The number of hydrazine groups is 1. The SMILES string of the molecule is CC1=CC[C@@H]2C(=O)N(N(Cc3ccc(Br)cc3)C(=O)c3ccccc3[N+](=O)[O-])C(=O)[C@@H]2C1. The second-order valence-corrected chi connectivity index (χ2v) is 8.87. The van der Waals surface area contributed by atoms with Gasteiger partial charge >= 0.3 is 0 Å². The van der Waals surface area contributed by atoms with Gasteiger partial charge in [-0.15, -0.1) is 0 Å². The Morgan fingerprint density at radius 1 is 1.12 bits per heavy atom. The molecule has 0 radical (unpaired) electrons. The topological polar surface area (TPSA) is 101 Å². The normalized spacial score (nSPS) is 20.1. The Hall–Kier alpha value is -3.33. The maximum absolute atomic E-state index is 13.5.